The molecule has 6 nitrogen and oxygen atoms in total. The number of esters is 1. The van der Waals surface area contributed by atoms with Crippen LogP contribution in [0.25, 0.3) is 0 Å². The van der Waals surface area contributed by atoms with Crippen LogP contribution in [0, 0.1) is 0 Å². The van der Waals surface area contributed by atoms with E-state index in [0.717, 1.165) is 5.56 Å². The summed E-state index contributed by atoms with van der Waals surface area (Å²) in [6.45, 7) is 0.0764. The first-order chi connectivity index (χ1) is 9.91. The van der Waals surface area contributed by atoms with Gasteiger partial charge in [-0.2, -0.15) is 0 Å². The van der Waals surface area contributed by atoms with Gasteiger partial charge in [-0.25, -0.2) is 0 Å². The van der Waals surface area contributed by atoms with Crippen LogP contribution in [0.4, 0.5) is 0 Å². The number of halogens is 1. The molecular formula is C14H20ClN3O3. The third-order valence-electron chi connectivity index (χ3n) is 3.03. The molecule has 0 bridgehead atoms. The summed E-state index contributed by atoms with van der Waals surface area (Å²) in [4.78, 5) is 22.5. The quantitative estimate of drug-likeness (QED) is 0.610. The lowest BCUT2D eigenvalue weighted by molar-refractivity contribution is -0.146. The summed E-state index contributed by atoms with van der Waals surface area (Å²) in [6.07, 6.45) is 1.29. The zero-order valence-corrected chi connectivity index (χ0v) is 12.4. The molecule has 1 amide bonds. The predicted molar refractivity (Wildman–Crippen MR) is 80.2 cm³/mol. The van der Waals surface area contributed by atoms with Crippen LogP contribution in [-0.4, -0.2) is 24.0 Å². The Hall–Kier alpha value is -1.63. The van der Waals surface area contributed by atoms with Gasteiger partial charge in [0.05, 0.1) is 6.04 Å². The Bertz CT molecular complexity index is 496. The maximum absolute atomic E-state index is 11.7. The molecule has 6 N–H and O–H groups in total. The van der Waals surface area contributed by atoms with Gasteiger partial charge in [-0.05, 0) is 25.3 Å². The fourth-order valence-corrected chi connectivity index (χ4v) is 1.88. The van der Waals surface area contributed by atoms with Crippen LogP contribution in [0.2, 0.25) is 5.02 Å². The maximum Gasteiger partial charge on any atom is 0.323 e. The van der Waals surface area contributed by atoms with Crippen molar-refractivity contribution in [2.24, 2.45) is 17.2 Å². The van der Waals surface area contributed by atoms with E-state index in [1.807, 2.05) is 0 Å². The van der Waals surface area contributed by atoms with Crippen LogP contribution in [0.3, 0.4) is 0 Å². The number of amides is 1. The highest BCUT2D eigenvalue weighted by Crippen LogP contribution is 2.16. The van der Waals surface area contributed by atoms with Crippen molar-refractivity contribution in [1.82, 2.24) is 0 Å². The second-order valence-electron chi connectivity index (χ2n) is 4.75. The van der Waals surface area contributed by atoms with Gasteiger partial charge in [0.15, 0.2) is 0 Å². The van der Waals surface area contributed by atoms with Crippen LogP contribution in [0.15, 0.2) is 24.3 Å². The highest BCUT2D eigenvalue weighted by atomic mass is 35.5. The number of carbonyl (C=O) groups excluding carboxylic acids is 2. The summed E-state index contributed by atoms with van der Waals surface area (Å²) >= 11 is 5.96. The van der Waals surface area contributed by atoms with Crippen LogP contribution in [0.5, 0.6) is 0 Å². The lowest BCUT2D eigenvalue weighted by Gasteiger charge is -2.13. The molecule has 7 heteroatoms. The largest absolute Gasteiger partial charge is 0.460 e. The molecule has 1 aromatic rings. The van der Waals surface area contributed by atoms with Crippen LogP contribution in [0.1, 0.15) is 24.8 Å². The van der Waals surface area contributed by atoms with Gasteiger partial charge in [-0.15, -0.1) is 0 Å². The molecule has 1 aromatic carbocycles. The van der Waals surface area contributed by atoms with Crippen molar-refractivity contribution in [3.8, 4) is 0 Å². The topological polar surface area (TPSA) is 121 Å². The van der Waals surface area contributed by atoms with Crippen molar-refractivity contribution < 1.29 is 14.3 Å². The zero-order chi connectivity index (χ0) is 15.8. The number of hydrogen-bond acceptors (Lipinski definition) is 5. The predicted octanol–water partition coefficient (Wildman–Crippen LogP) is 0.693. The van der Waals surface area contributed by atoms with Gasteiger partial charge >= 0.3 is 5.97 Å². The molecular weight excluding hydrogens is 294 g/mol. The van der Waals surface area contributed by atoms with E-state index in [4.69, 9.17) is 33.5 Å². The smallest absolute Gasteiger partial charge is 0.323 e. The average Bonchev–Trinajstić information content (AvgIpc) is 2.45. The Morgan fingerprint density at radius 2 is 1.76 bits per heavy atom. The minimum atomic E-state index is -0.757. The molecule has 0 spiro atoms. The van der Waals surface area contributed by atoms with Crippen molar-refractivity contribution >= 4 is 23.5 Å². The van der Waals surface area contributed by atoms with Crippen LogP contribution in [-0.2, 0) is 20.9 Å². The molecule has 1 rings (SSSR count). The van der Waals surface area contributed by atoms with E-state index >= 15 is 0 Å². The first-order valence-corrected chi connectivity index (χ1v) is 7.00. The van der Waals surface area contributed by atoms with E-state index in [0.29, 0.717) is 24.3 Å². The van der Waals surface area contributed by atoms with E-state index < -0.39 is 24.0 Å². The Morgan fingerprint density at radius 1 is 1.14 bits per heavy atom. The van der Waals surface area contributed by atoms with Gasteiger partial charge in [-0.1, -0.05) is 29.8 Å². The molecule has 0 saturated heterocycles. The van der Waals surface area contributed by atoms with Gasteiger partial charge in [0.25, 0.3) is 0 Å². The maximum atomic E-state index is 11.7. The number of nitrogens with two attached hydrogens (primary N) is 3. The van der Waals surface area contributed by atoms with Gasteiger partial charge < -0.3 is 21.9 Å². The Morgan fingerprint density at radius 3 is 2.38 bits per heavy atom. The van der Waals surface area contributed by atoms with Crippen molar-refractivity contribution in [1.29, 1.82) is 0 Å². The number of primary amides is 1. The first kappa shape index (κ1) is 17.4. The summed E-state index contributed by atoms with van der Waals surface area (Å²) in [5.74, 6) is -1.08. The molecule has 0 saturated carbocycles. The summed E-state index contributed by atoms with van der Waals surface area (Å²) < 4.78 is 5.10. The molecule has 0 aliphatic heterocycles. The SMILES string of the molecule is NC(=O)[C@@H](N)CCCC(N)C(=O)OCc1ccccc1Cl. The molecule has 1 unspecified atom stereocenters. The summed E-state index contributed by atoms with van der Waals surface area (Å²) in [5.41, 5.74) is 17.0. The fourth-order valence-electron chi connectivity index (χ4n) is 1.69. The second kappa shape index (κ2) is 8.61. The van der Waals surface area contributed by atoms with Gasteiger partial charge in [0, 0.05) is 10.6 Å². The molecule has 21 heavy (non-hydrogen) atoms. The monoisotopic (exact) mass is 313 g/mol. The highest BCUT2D eigenvalue weighted by Gasteiger charge is 2.17. The fraction of sp³-hybridized carbons (Fsp3) is 0.429. The number of rotatable bonds is 8. The minimum Gasteiger partial charge on any atom is -0.460 e. The highest BCUT2D eigenvalue weighted by molar-refractivity contribution is 6.31. The Balaban J connectivity index is 2.31. The van der Waals surface area contributed by atoms with Crippen molar-refractivity contribution in [2.45, 2.75) is 38.0 Å². The molecule has 0 aliphatic carbocycles. The molecule has 0 radical (unpaired) electrons. The van der Waals surface area contributed by atoms with Crippen LogP contribution >= 0.6 is 11.6 Å². The zero-order valence-electron chi connectivity index (χ0n) is 11.6. The standard InChI is InChI=1S/C14H20ClN3O3/c15-10-5-2-1-4-9(10)8-21-14(20)12(17)7-3-6-11(16)13(18)19/h1-2,4-5,11-12H,3,6-8,16-17H2,(H2,18,19)/t11-,12?/m0/s1. The van der Waals surface area contributed by atoms with Crippen molar-refractivity contribution in [3.63, 3.8) is 0 Å². The molecule has 0 aromatic heterocycles. The van der Waals surface area contributed by atoms with E-state index in [9.17, 15) is 9.59 Å². The van der Waals surface area contributed by atoms with Gasteiger partial charge in [-0.3, -0.25) is 9.59 Å². The lowest BCUT2D eigenvalue weighted by Crippen LogP contribution is -2.37. The first-order valence-electron chi connectivity index (χ1n) is 6.62. The van der Waals surface area contributed by atoms with E-state index in [1.165, 1.54) is 0 Å². The average molecular weight is 314 g/mol. The van der Waals surface area contributed by atoms with Gasteiger partial charge in [0.2, 0.25) is 5.91 Å². The van der Waals surface area contributed by atoms with Crippen LogP contribution < -0.4 is 17.2 Å². The second-order valence-corrected chi connectivity index (χ2v) is 5.15. The molecule has 2 atom stereocenters. The summed E-state index contributed by atoms with van der Waals surface area (Å²) in [7, 11) is 0. The number of benzene rings is 1. The Kier molecular flexibility index (Phi) is 7.14. The normalized spacial score (nSPS) is 13.5. The molecule has 0 heterocycles. The molecule has 0 aliphatic rings. The van der Waals surface area contributed by atoms with E-state index in [2.05, 4.69) is 0 Å². The summed E-state index contributed by atoms with van der Waals surface area (Å²) in [5, 5.41) is 0.534. The minimum absolute atomic E-state index is 0.0764. The van der Waals surface area contributed by atoms with E-state index in [1.54, 1.807) is 24.3 Å². The number of ether oxygens (including phenoxy) is 1. The van der Waals surface area contributed by atoms with E-state index in [-0.39, 0.29) is 6.61 Å². The lowest BCUT2D eigenvalue weighted by atomic mass is 10.1. The number of carbonyl (C=O) groups is 2. The van der Waals surface area contributed by atoms with Crippen molar-refractivity contribution in [2.75, 3.05) is 0 Å². The molecule has 0 fully saturated rings. The van der Waals surface area contributed by atoms with Gasteiger partial charge in [0.1, 0.15) is 12.6 Å². The summed E-state index contributed by atoms with van der Waals surface area (Å²) in [6, 6.07) is 5.62. The number of hydrogen-bond donors (Lipinski definition) is 3. The third kappa shape index (κ3) is 6.12. The molecule has 116 valence electrons. The van der Waals surface area contributed by atoms with Crippen molar-refractivity contribution in [3.05, 3.63) is 34.9 Å². The third-order valence-corrected chi connectivity index (χ3v) is 3.39. The Labute approximate surface area is 128 Å².